The van der Waals surface area contributed by atoms with E-state index >= 15 is 0 Å². The first-order valence-electron chi connectivity index (χ1n) is 8.22. The Bertz CT molecular complexity index is 733. The van der Waals surface area contributed by atoms with Crippen molar-refractivity contribution in [2.45, 2.75) is 54.9 Å². The zero-order chi connectivity index (χ0) is 16.4. The van der Waals surface area contributed by atoms with Crippen LogP contribution in [-0.2, 0) is 32.6 Å². The molecule has 0 spiro atoms. The molecule has 3 rings (SSSR count). The smallest absolute Gasteiger partial charge is 1.00 e. The third kappa shape index (κ3) is 5.75. The quantitative estimate of drug-likeness (QED) is 0.390. The van der Waals surface area contributed by atoms with Gasteiger partial charge in [-0.3, -0.25) is 0 Å². The molecular weight excluding hydrogens is 515 g/mol. The maximum Gasteiger partial charge on any atom is 4.00 e. The molecule has 0 radical (unpaired) electrons. The Labute approximate surface area is 193 Å². The van der Waals surface area contributed by atoms with E-state index in [1.165, 1.54) is 50.6 Å². The molecule has 3 aromatic carbocycles. The summed E-state index contributed by atoms with van der Waals surface area (Å²) >= 11 is 0. The average molecular weight is 543 g/mol. The predicted octanol–water partition coefficient (Wildman–Crippen LogP) is 0.383. The van der Waals surface area contributed by atoms with Gasteiger partial charge in [0.2, 0.25) is 0 Å². The second-order valence-electron chi connectivity index (χ2n) is 6.38. The fourth-order valence-electron chi connectivity index (χ4n) is 3.36. The van der Waals surface area contributed by atoms with Crippen molar-refractivity contribution in [3.8, 4) is 0 Å². The first-order valence-corrected chi connectivity index (χ1v) is 8.22. The Kier molecular flexibility index (Phi) is 12.7. The summed E-state index contributed by atoms with van der Waals surface area (Å²) in [6.07, 6.45) is 1.17. The van der Waals surface area contributed by atoms with Crippen molar-refractivity contribution in [2.75, 3.05) is 0 Å². The van der Waals surface area contributed by atoms with Crippen LogP contribution in [0.1, 0.15) is 45.9 Å². The fourth-order valence-corrected chi connectivity index (χ4v) is 3.36. The zero-order valence-electron chi connectivity index (χ0n) is 16.3. The third-order valence-corrected chi connectivity index (χ3v) is 5.20. The standard InChI is InChI=1S/C11H11.C11H17.2BrH.Zr/c1-8-6-7-9(2)11-5-3-4-10(8)11;1-6-11-9(4)7(2)8(3)10(11)5;;;/h3-7H,1-2H3;6H2,1-5H3;2*1H;/q2*-1;;;+4/p-2. The van der Waals surface area contributed by atoms with Crippen LogP contribution in [0.15, 0.2) is 30.3 Å². The van der Waals surface area contributed by atoms with E-state index in [-0.39, 0.29) is 60.2 Å². The van der Waals surface area contributed by atoms with Gasteiger partial charge in [-0.15, -0.1) is 28.5 Å². The molecule has 0 aliphatic heterocycles. The average Bonchev–Trinajstić information content (AvgIpc) is 3.07. The van der Waals surface area contributed by atoms with Crippen LogP contribution in [0.4, 0.5) is 0 Å². The zero-order valence-corrected chi connectivity index (χ0v) is 22.0. The molecule has 0 unspecified atom stereocenters. The Morgan fingerprint density at radius 3 is 1.68 bits per heavy atom. The molecule has 0 bridgehead atoms. The molecule has 0 aliphatic rings. The van der Waals surface area contributed by atoms with Crippen LogP contribution >= 0.6 is 0 Å². The van der Waals surface area contributed by atoms with Gasteiger partial charge in [-0.05, 0) is 6.92 Å². The van der Waals surface area contributed by atoms with E-state index in [4.69, 9.17) is 0 Å². The summed E-state index contributed by atoms with van der Waals surface area (Å²) in [7, 11) is 0. The first kappa shape index (κ1) is 27.2. The second kappa shape index (κ2) is 11.7. The fraction of sp³-hybridized carbons (Fsp3) is 0.364. The molecule has 0 aromatic heterocycles. The Morgan fingerprint density at radius 2 is 1.28 bits per heavy atom. The minimum absolute atomic E-state index is 0. The Morgan fingerprint density at radius 1 is 0.800 bits per heavy atom. The van der Waals surface area contributed by atoms with Crippen LogP contribution in [0, 0.1) is 41.5 Å². The number of halogens is 2. The van der Waals surface area contributed by atoms with Gasteiger partial charge < -0.3 is 34.0 Å². The molecule has 0 atom stereocenters. The molecule has 0 heterocycles. The predicted molar refractivity (Wildman–Crippen MR) is 99.4 cm³/mol. The molecule has 3 aromatic rings. The maximum atomic E-state index is 2.23. The van der Waals surface area contributed by atoms with Gasteiger partial charge >= 0.3 is 26.2 Å². The van der Waals surface area contributed by atoms with E-state index < -0.39 is 0 Å². The van der Waals surface area contributed by atoms with E-state index in [1.807, 2.05) is 0 Å². The molecule has 0 fully saturated rings. The van der Waals surface area contributed by atoms with Crippen molar-refractivity contribution < 1.29 is 60.2 Å². The van der Waals surface area contributed by atoms with Crippen LogP contribution in [-0.4, -0.2) is 0 Å². The summed E-state index contributed by atoms with van der Waals surface area (Å²) in [4.78, 5) is 0. The van der Waals surface area contributed by atoms with E-state index in [0.29, 0.717) is 0 Å². The summed E-state index contributed by atoms with van der Waals surface area (Å²) < 4.78 is 0. The SMILES string of the molecule is CC[c-]1c(C)c(C)c(C)c1C.Cc1ccc(C)c2[cH-]ccc12.[Br-].[Br-].[Zr+4]. The van der Waals surface area contributed by atoms with Crippen LogP contribution in [0.25, 0.3) is 10.8 Å². The molecule has 134 valence electrons. The first-order chi connectivity index (χ1) is 10.4. The molecule has 25 heavy (non-hydrogen) atoms. The summed E-state index contributed by atoms with van der Waals surface area (Å²) in [6.45, 7) is 15.4. The molecule has 0 saturated carbocycles. The van der Waals surface area contributed by atoms with Crippen molar-refractivity contribution in [1.82, 2.24) is 0 Å². The topological polar surface area (TPSA) is 0 Å². The van der Waals surface area contributed by atoms with E-state index in [9.17, 15) is 0 Å². The monoisotopic (exact) mass is 540 g/mol. The number of benzene rings is 1. The number of rotatable bonds is 1. The van der Waals surface area contributed by atoms with E-state index in [2.05, 4.69) is 78.8 Å². The van der Waals surface area contributed by atoms with Crippen molar-refractivity contribution in [3.63, 3.8) is 0 Å². The van der Waals surface area contributed by atoms with Crippen molar-refractivity contribution in [1.29, 1.82) is 0 Å². The van der Waals surface area contributed by atoms with Crippen molar-refractivity contribution in [3.05, 3.63) is 69.3 Å². The van der Waals surface area contributed by atoms with Crippen LogP contribution < -0.4 is 34.0 Å². The van der Waals surface area contributed by atoms with Gasteiger partial charge in [-0.1, -0.05) is 59.6 Å². The van der Waals surface area contributed by atoms with E-state index in [1.54, 1.807) is 5.56 Å². The molecule has 0 nitrogen and oxygen atoms in total. The molecule has 0 N–H and O–H groups in total. The van der Waals surface area contributed by atoms with Gasteiger partial charge in [0, 0.05) is 0 Å². The molecular formula is C22H28Br2Zr. The summed E-state index contributed by atoms with van der Waals surface area (Å²) in [5.74, 6) is 0. The number of hydrogen-bond acceptors (Lipinski definition) is 0. The largest absolute Gasteiger partial charge is 4.00 e. The third-order valence-electron chi connectivity index (χ3n) is 5.20. The van der Waals surface area contributed by atoms with Gasteiger partial charge in [0.15, 0.2) is 0 Å². The number of hydrogen-bond donors (Lipinski definition) is 0. The van der Waals surface area contributed by atoms with Crippen molar-refractivity contribution >= 4 is 10.8 Å². The minimum atomic E-state index is 0. The van der Waals surface area contributed by atoms with Crippen molar-refractivity contribution in [2.24, 2.45) is 0 Å². The summed E-state index contributed by atoms with van der Waals surface area (Å²) in [6, 6.07) is 10.8. The van der Waals surface area contributed by atoms with Crippen LogP contribution in [0.5, 0.6) is 0 Å². The molecule has 3 heteroatoms. The van der Waals surface area contributed by atoms with Crippen LogP contribution in [0.3, 0.4) is 0 Å². The van der Waals surface area contributed by atoms with E-state index in [0.717, 1.165) is 0 Å². The summed E-state index contributed by atoms with van der Waals surface area (Å²) in [5, 5.41) is 2.79. The summed E-state index contributed by atoms with van der Waals surface area (Å²) in [5.41, 5.74) is 10.3. The van der Waals surface area contributed by atoms with Gasteiger partial charge in [0.25, 0.3) is 0 Å². The van der Waals surface area contributed by atoms with Gasteiger partial charge in [0.1, 0.15) is 0 Å². The number of fused-ring (bicyclic) bond motifs is 1. The normalized spacial score (nSPS) is 9.40. The molecule has 0 amide bonds. The van der Waals surface area contributed by atoms with Gasteiger partial charge in [-0.25, -0.2) is 0 Å². The van der Waals surface area contributed by atoms with Gasteiger partial charge in [-0.2, -0.15) is 39.9 Å². The maximum absolute atomic E-state index is 2.23. The van der Waals surface area contributed by atoms with Crippen LogP contribution in [0.2, 0.25) is 0 Å². The minimum Gasteiger partial charge on any atom is -1.00 e. The Hall–Kier alpha value is 0.0231. The second-order valence-corrected chi connectivity index (χ2v) is 6.38. The Balaban J connectivity index is 0. The number of aryl methyl sites for hydroxylation is 2. The molecule has 0 aliphatic carbocycles. The molecule has 0 saturated heterocycles. The van der Waals surface area contributed by atoms with Gasteiger partial charge in [0.05, 0.1) is 0 Å².